The average molecular weight is 336 g/mol. The van der Waals surface area contributed by atoms with Crippen LogP contribution in [0.5, 0.6) is 11.5 Å². The number of phenols is 1. The molecule has 0 heterocycles. The minimum absolute atomic E-state index is 0.163. The third-order valence-corrected chi connectivity index (χ3v) is 5.55. The SMILES string of the molecule is CC12CCC(COc3ccc(O)c(F)c3F)(CC1)C(F)C2(F)F. The van der Waals surface area contributed by atoms with E-state index in [0.29, 0.717) is 0 Å². The van der Waals surface area contributed by atoms with E-state index in [2.05, 4.69) is 0 Å². The Morgan fingerprint density at radius 1 is 1.13 bits per heavy atom. The first kappa shape index (κ1) is 16.3. The van der Waals surface area contributed by atoms with Crippen LogP contribution in [0.3, 0.4) is 0 Å². The molecular weight excluding hydrogens is 319 g/mol. The Morgan fingerprint density at radius 3 is 2.35 bits per heavy atom. The van der Waals surface area contributed by atoms with Crippen molar-refractivity contribution in [3.63, 3.8) is 0 Å². The van der Waals surface area contributed by atoms with Crippen LogP contribution in [-0.2, 0) is 0 Å². The average Bonchev–Trinajstić information content (AvgIpc) is 2.52. The van der Waals surface area contributed by atoms with Crippen molar-refractivity contribution in [3.8, 4) is 11.5 Å². The van der Waals surface area contributed by atoms with E-state index in [-0.39, 0.29) is 25.7 Å². The molecule has 4 rings (SSSR count). The second-order valence-electron chi connectivity index (χ2n) is 6.91. The van der Waals surface area contributed by atoms with Crippen molar-refractivity contribution in [2.75, 3.05) is 6.61 Å². The predicted molar refractivity (Wildman–Crippen MR) is 72.4 cm³/mol. The first-order valence-electron chi connectivity index (χ1n) is 7.45. The van der Waals surface area contributed by atoms with Gasteiger partial charge in [0.15, 0.2) is 17.7 Å². The minimum Gasteiger partial charge on any atom is -0.505 e. The van der Waals surface area contributed by atoms with E-state index in [0.717, 1.165) is 12.1 Å². The van der Waals surface area contributed by atoms with Crippen LogP contribution in [0.2, 0.25) is 0 Å². The van der Waals surface area contributed by atoms with E-state index in [1.807, 2.05) is 0 Å². The second-order valence-corrected chi connectivity index (χ2v) is 6.91. The maximum Gasteiger partial charge on any atom is 0.284 e. The molecule has 1 aromatic carbocycles. The molecule has 0 radical (unpaired) electrons. The maximum absolute atomic E-state index is 14.5. The molecule has 0 saturated heterocycles. The molecule has 7 heteroatoms. The van der Waals surface area contributed by atoms with Crippen LogP contribution in [0, 0.1) is 22.5 Å². The zero-order chi connectivity index (χ0) is 17.0. The normalized spacial score (nSPS) is 35.3. The van der Waals surface area contributed by atoms with Gasteiger partial charge in [0, 0.05) is 10.8 Å². The van der Waals surface area contributed by atoms with Crippen LogP contribution < -0.4 is 4.74 Å². The zero-order valence-electron chi connectivity index (χ0n) is 12.5. The van der Waals surface area contributed by atoms with Crippen LogP contribution in [0.25, 0.3) is 0 Å². The monoisotopic (exact) mass is 336 g/mol. The number of ether oxygens (including phenoxy) is 1. The highest BCUT2D eigenvalue weighted by molar-refractivity contribution is 5.34. The Kier molecular flexibility index (Phi) is 3.54. The summed E-state index contributed by atoms with van der Waals surface area (Å²) in [5.74, 6) is -7.77. The lowest BCUT2D eigenvalue weighted by molar-refractivity contribution is -0.267. The Balaban J connectivity index is 1.82. The van der Waals surface area contributed by atoms with E-state index >= 15 is 0 Å². The van der Waals surface area contributed by atoms with E-state index in [1.165, 1.54) is 6.92 Å². The molecule has 3 fully saturated rings. The minimum atomic E-state index is -3.47. The molecule has 0 spiro atoms. The lowest BCUT2D eigenvalue weighted by Gasteiger charge is -2.57. The lowest BCUT2D eigenvalue weighted by atomic mass is 9.52. The molecule has 2 bridgehead atoms. The largest absolute Gasteiger partial charge is 0.505 e. The first-order valence-corrected chi connectivity index (χ1v) is 7.45. The van der Waals surface area contributed by atoms with Gasteiger partial charge >= 0.3 is 0 Å². The van der Waals surface area contributed by atoms with Crippen molar-refractivity contribution in [2.24, 2.45) is 10.8 Å². The summed E-state index contributed by atoms with van der Waals surface area (Å²) in [6, 6.07) is 1.89. The molecule has 3 aliphatic carbocycles. The summed E-state index contributed by atoms with van der Waals surface area (Å²) in [5, 5.41) is 9.05. The van der Waals surface area contributed by atoms with Crippen molar-refractivity contribution in [1.29, 1.82) is 0 Å². The van der Waals surface area contributed by atoms with Gasteiger partial charge in [0.2, 0.25) is 11.6 Å². The van der Waals surface area contributed by atoms with Gasteiger partial charge in [-0.25, -0.2) is 13.2 Å². The Morgan fingerprint density at radius 2 is 1.74 bits per heavy atom. The van der Waals surface area contributed by atoms with Gasteiger partial charge in [0.05, 0.1) is 6.61 Å². The molecule has 0 aliphatic heterocycles. The quantitative estimate of drug-likeness (QED) is 0.817. The summed E-state index contributed by atoms with van der Waals surface area (Å²) in [4.78, 5) is 0. The van der Waals surface area contributed by atoms with Crippen molar-refractivity contribution >= 4 is 0 Å². The van der Waals surface area contributed by atoms with Crippen molar-refractivity contribution in [2.45, 2.75) is 44.7 Å². The van der Waals surface area contributed by atoms with Gasteiger partial charge in [-0.2, -0.15) is 8.78 Å². The lowest BCUT2D eigenvalue weighted by Crippen LogP contribution is -2.64. The predicted octanol–water partition coefficient (Wildman–Crippen LogP) is 4.60. The van der Waals surface area contributed by atoms with Gasteiger partial charge in [-0.1, -0.05) is 6.92 Å². The molecule has 1 aromatic rings. The molecule has 0 aromatic heterocycles. The van der Waals surface area contributed by atoms with Gasteiger partial charge < -0.3 is 9.84 Å². The topological polar surface area (TPSA) is 29.5 Å². The standard InChI is InChI=1S/C16H17F5O2/c1-14-4-6-15(7-5-14,13(19)16(14,20)21)8-23-10-3-2-9(22)11(17)12(10)18/h2-3,13,22H,4-8H2,1H3. The molecule has 3 aliphatic rings. The number of alkyl halides is 3. The summed E-state index contributed by atoms with van der Waals surface area (Å²) in [5.41, 5.74) is -2.76. The number of benzene rings is 1. The molecule has 3 saturated carbocycles. The molecule has 0 amide bonds. The van der Waals surface area contributed by atoms with Crippen LogP contribution >= 0.6 is 0 Å². The highest BCUT2D eigenvalue weighted by atomic mass is 19.3. The van der Waals surface area contributed by atoms with Gasteiger partial charge in [0.25, 0.3) is 5.92 Å². The van der Waals surface area contributed by atoms with Gasteiger partial charge in [0.1, 0.15) is 0 Å². The van der Waals surface area contributed by atoms with Crippen LogP contribution in [0.1, 0.15) is 32.6 Å². The molecule has 1 unspecified atom stereocenters. The van der Waals surface area contributed by atoms with E-state index in [9.17, 15) is 22.0 Å². The molecule has 2 nitrogen and oxygen atoms in total. The molecule has 23 heavy (non-hydrogen) atoms. The number of hydrogen-bond donors (Lipinski definition) is 1. The van der Waals surface area contributed by atoms with Crippen LogP contribution in [0.15, 0.2) is 12.1 Å². The van der Waals surface area contributed by atoms with Crippen molar-refractivity contribution in [1.82, 2.24) is 0 Å². The Bertz CT molecular complexity index is 623. The third-order valence-electron chi connectivity index (χ3n) is 5.55. The number of halogens is 5. The fraction of sp³-hybridized carbons (Fsp3) is 0.625. The Hall–Kier alpha value is -1.53. The first-order chi connectivity index (χ1) is 10.6. The molecule has 1 N–H and O–H groups in total. The van der Waals surface area contributed by atoms with E-state index < -0.39 is 52.7 Å². The van der Waals surface area contributed by atoms with Crippen LogP contribution in [0.4, 0.5) is 22.0 Å². The highest BCUT2D eigenvalue weighted by Gasteiger charge is 2.70. The second kappa shape index (κ2) is 4.98. The summed E-state index contributed by atoms with van der Waals surface area (Å²) in [6.07, 6.45) is -1.63. The number of fused-ring (bicyclic) bond motifs is 3. The van der Waals surface area contributed by atoms with Gasteiger partial charge in [-0.3, -0.25) is 0 Å². The molecular formula is C16H17F5O2. The van der Waals surface area contributed by atoms with Gasteiger partial charge in [-0.15, -0.1) is 0 Å². The summed E-state index contributed by atoms with van der Waals surface area (Å²) >= 11 is 0. The van der Waals surface area contributed by atoms with E-state index in [1.54, 1.807) is 0 Å². The number of phenolic OH excluding ortho intramolecular Hbond substituents is 1. The Labute approximate surface area is 130 Å². The maximum atomic E-state index is 14.5. The van der Waals surface area contributed by atoms with Crippen molar-refractivity contribution < 1.29 is 31.8 Å². The highest BCUT2D eigenvalue weighted by Crippen LogP contribution is 2.64. The van der Waals surface area contributed by atoms with E-state index in [4.69, 9.17) is 9.84 Å². The summed E-state index contributed by atoms with van der Waals surface area (Å²) in [6.45, 7) is 0.930. The van der Waals surface area contributed by atoms with Gasteiger partial charge in [-0.05, 0) is 37.8 Å². The molecule has 128 valence electrons. The summed E-state index contributed by atoms with van der Waals surface area (Å²) in [7, 11) is 0. The molecule has 1 atom stereocenters. The smallest absolute Gasteiger partial charge is 0.284 e. The third kappa shape index (κ3) is 2.19. The number of hydrogen-bond acceptors (Lipinski definition) is 2. The summed E-state index contributed by atoms with van der Waals surface area (Å²) < 4.78 is 75.0. The van der Waals surface area contributed by atoms with Crippen LogP contribution in [-0.4, -0.2) is 23.8 Å². The fourth-order valence-corrected chi connectivity index (χ4v) is 3.65. The number of rotatable bonds is 3. The van der Waals surface area contributed by atoms with Crippen molar-refractivity contribution in [3.05, 3.63) is 23.8 Å². The zero-order valence-corrected chi connectivity index (χ0v) is 12.5. The number of aromatic hydroxyl groups is 1. The fourth-order valence-electron chi connectivity index (χ4n) is 3.65.